The van der Waals surface area contributed by atoms with Crippen molar-refractivity contribution in [3.8, 4) is 5.75 Å². The average Bonchev–Trinajstić information content (AvgIpc) is 2.39. The van der Waals surface area contributed by atoms with Crippen molar-refractivity contribution in [3.63, 3.8) is 0 Å². The minimum absolute atomic E-state index is 0. The molecule has 1 heterocycles. The number of hydrogen-bond acceptors (Lipinski definition) is 2. The highest BCUT2D eigenvalue weighted by Gasteiger charge is 2.33. The molecule has 1 aliphatic heterocycles. The smallest absolute Gasteiger partial charge is 0.115 e. The van der Waals surface area contributed by atoms with Crippen LogP contribution < -0.4 is 5.32 Å². The summed E-state index contributed by atoms with van der Waals surface area (Å²) in [5.74, 6) is 1.10. The van der Waals surface area contributed by atoms with Crippen molar-refractivity contribution in [1.29, 1.82) is 0 Å². The van der Waals surface area contributed by atoms with Crippen molar-refractivity contribution in [2.45, 2.75) is 24.8 Å². The summed E-state index contributed by atoms with van der Waals surface area (Å²) in [5, 5.41) is 12.9. The van der Waals surface area contributed by atoms with Gasteiger partial charge in [0.05, 0.1) is 0 Å². The van der Waals surface area contributed by atoms with Crippen LogP contribution in [-0.2, 0) is 0 Å². The van der Waals surface area contributed by atoms with Crippen molar-refractivity contribution in [2.75, 3.05) is 6.54 Å². The summed E-state index contributed by atoms with van der Waals surface area (Å²) in [6.45, 7) is 1.12. The van der Waals surface area contributed by atoms with E-state index in [0.29, 0.717) is 17.7 Å². The fourth-order valence-corrected chi connectivity index (χ4v) is 2.67. The number of hydrogen-bond donors (Lipinski definition) is 2. The Kier molecular flexibility index (Phi) is 2.54. The number of nitrogens with one attached hydrogen (secondary N) is 1. The summed E-state index contributed by atoms with van der Waals surface area (Å²) in [6.07, 6.45) is 2.44. The monoisotopic (exact) mass is 255 g/mol. The summed E-state index contributed by atoms with van der Waals surface area (Å²) < 4.78 is 0. The number of halogens is 1. The molecule has 1 aromatic rings. The van der Waals surface area contributed by atoms with Crippen LogP contribution in [0.25, 0.3) is 0 Å². The van der Waals surface area contributed by atoms with Gasteiger partial charge in [-0.05, 0) is 48.6 Å². The van der Waals surface area contributed by atoms with E-state index in [0.717, 1.165) is 6.54 Å². The molecule has 1 aromatic carbocycles. The van der Waals surface area contributed by atoms with Gasteiger partial charge in [-0.15, -0.1) is 17.0 Å². The first-order valence-corrected chi connectivity index (χ1v) is 4.91. The first kappa shape index (κ1) is 9.99. The number of phenolic OH excluding ortho intramolecular Hbond substituents is 1. The molecule has 76 valence electrons. The molecule has 2 nitrogen and oxygen atoms in total. The van der Waals surface area contributed by atoms with Gasteiger partial charge in [0.2, 0.25) is 0 Å². The van der Waals surface area contributed by atoms with Gasteiger partial charge in [-0.3, -0.25) is 0 Å². The molecule has 1 fully saturated rings. The highest BCUT2D eigenvalue weighted by Crippen LogP contribution is 2.45. The molecule has 3 heteroatoms. The average molecular weight is 256 g/mol. The van der Waals surface area contributed by atoms with Crippen LogP contribution in [0, 0.1) is 0 Å². The Morgan fingerprint density at radius 2 is 2.14 bits per heavy atom. The molecule has 0 saturated carbocycles. The molecule has 2 atom stereocenters. The second kappa shape index (κ2) is 3.55. The van der Waals surface area contributed by atoms with Crippen LogP contribution in [0.4, 0.5) is 0 Å². The molecule has 0 amide bonds. The number of piperidine rings is 1. The SMILES string of the molecule is Br.Oc1ccc2c(c1)C1CCNC2C1. The Morgan fingerprint density at radius 1 is 1.29 bits per heavy atom. The quantitative estimate of drug-likeness (QED) is 0.747. The van der Waals surface area contributed by atoms with E-state index < -0.39 is 0 Å². The summed E-state index contributed by atoms with van der Waals surface area (Å²) >= 11 is 0. The van der Waals surface area contributed by atoms with Crippen molar-refractivity contribution < 1.29 is 5.11 Å². The van der Waals surface area contributed by atoms with Gasteiger partial charge in [0, 0.05) is 6.04 Å². The van der Waals surface area contributed by atoms with Crippen LogP contribution in [0.15, 0.2) is 18.2 Å². The first-order valence-electron chi connectivity index (χ1n) is 4.91. The number of benzene rings is 1. The van der Waals surface area contributed by atoms with Gasteiger partial charge in [-0.2, -0.15) is 0 Å². The lowest BCUT2D eigenvalue weighted by Gasteiger charge is -2.20. The van der Waals surface area contributed by atoms with Gasteiger partial charge in [-0.1, -0.05) is 6.07 Å². The predicted molar refractivity (Wildman–Crippen MR) is 61.1 cm³/mol. The number of fused-ring (bicyclic) bond motifs is 5. The van der Waals surface area contributed by atoms with Crippen LogP contribution in [0.3, 0.4) is 0 Å². The van der Waals surface area contributed by atoms with E-state index >= 15 is 0 Å². The molecule has 14 heavy (non-hydrogen) atoms. The molecule has 2 N–H and O–H groups in total. The third-order valence-electron chi connectivity index (χ3n) is 3.29. The lowest BCUT2D eigenvalue weighted by atomic mass is 9.96. The van der Waals surface area contributed by atoms with Gasteiger partial charge in [0.1, 0.15) is 5.75 Å². The summed E-state index contributed by atoms with van der Waals surface area (Å²) in [7, 11) is 0. The zero-order valence-electron chi connectivity index (χ0n) is 7.86. The van der Waals surface area contributed by atoms with Gasteiger partial charge >= 0.3 is 0 Å². The van der Waals surface area contributed by atoms with E-state index in [1.165, 1.54) is 24.0 Å². The third-order valence-corrected chi connectivity index (χ3v) is 3.29. The van der Waals surface area contributed by atoms with E-state index in [9.17, 15) is 5.11 Å². The fraction of sp³-hybridized carbons (Fsp3) is 0.455. The van der Waals surface area contributed by atoms with Crippen molar-refractivity contribution in [3.05, 3.63) is 29.3 Å². The molecule has 2 bridgehead atoms. The zero-order valence-corrected chi connectivity index (χ0v) is 9.58. The predicted octanol–water partition coefficient (Wildman–Crippen LogP) is 2.49. The largest absolute Gasteiger partial charge is 0.508 e. The summed E-state index contributed by atoms with van der Waals surface area (Å²) in [4.78, 5) is 0. The summed E-state index contributed by atoms with van der Waals surface area (Å²) in [5.41, 5.74) is 2.77. The number of rotatable bonds is 0. The van der Waals surface area contributed by atoms with Gasteiger partial charge in [0.15, 0.2) is 0 Å². The van der Waals surface area contributed by atoms with Crippen LogP contribution in [0.2, 0.25) is 0 Å². The fourth-order valence-electron chi connectivity index (χ4n) is 2.67. The molecule has 0 radical (unpaired) electrons. The van der Waals surface area contributed by atoms with Crippen molar-refractivity contribution in [1.82, 2.24) is 5.32 Å². The number of aromatic hydroxyl groups is 1. The molecule has 0 aromatic heterocycles. The number of phenols is 1. The van der Waals surface area contributed by atoms with Gasteiger partial charge in [-0.25, -0.2) is 0 Å². The minimum Gasteiger partial charge on any atom is -0.508 e. The molecular formula is C11H14BrNO. The van der Waals surface area contributed by atoms with E-state index in [1.54, 1.807) is 6.07 Å². The Hall–Kier alpha value is -0.540. The van der Waals surface area contributed by atoms with Crippen LogP contribution in [0.5, 0.6) is 5.75 Å². The van der Waals surface area contributed by atoms with Crippen LogP contribution in [-0.4, -0.2) is 11.7 Å². The lowest BCUT2D eigenvalue weighted by molar-refractivity contribution is 0.409. The molecule has 2 aliphatic rings. The van der Waals surface area contributed by atoms with E-state index in [1.807, 2.05) is 6.07 Å². The first-order chi connectivity index (χ1) is 6.34. The normalized spacial score (nSPS) is 28.0. The second-order valence-corrected chi connectivity index (χ2v) is 4.04. The van der Waals surface area contributed by atoms with Crippen molar-refractivity contribution in [2.24, 2.45) is 0 Å². The Morgan fingerprint density at radius 3 is 3.00 bits per heavy atom. The Balaban J connectivity index is 0.000000750. The third kappa shape index (κ3) is 1.35. The molecule has 3 rings (SSSR count). The molecule has 0 spiro atoms. The summed E-state index contributed by atoms with van der Waals surface area (Å²) in [6, 6.07) is 6.34. The van der Waals surface area contributed by atoms with Gasteiger partial charge in [0.25, 0.3) is 0 Å². The molecule has 1 aliphatic carbocycles. The van der Waals surface area contributed by atoms with Crippen LogP contribution in [0.1, 0.15) is 35.9 Å². The van der Waals surface area contributed by atoms with E-state index in [4.69, 9.17) is 0 Å². The van der Waals surface area contributed by atoms with Crippen LogP contribution >= 0.6 is 17.0 Å². The molecule has 2 unspecified atom stereocenters. The van der Waals surface area contributed by atoms with Gasteiger partial charge < -0.3 is 10.4 Å². The maximum Gasteiger partial charge on any atom is 0.115 e. The topological polar surface area (TPSA) is 32.3 Å². The minimum atomic E-state index is 0. The highest BCUT2D eigenvalue weighted by molar-refractivity contribution is 8.93. The molecule has 1 saturated heterocycles. The van der Waals surface area contributed by atoms with E-state index in [-0.39, 0.29) is 17.0 Å². The lowest BCUT2D eigenvalue weighted by Crippen LogP contribution is -2.24. The Labute approximate surface area is 94.1 Å². The van der Waals surface area contributed by atoms with E-state index in [2.05, 4.69) is 11.4 Å². The maximum absolute atomic E-state index is 9.40. The maximum atomic E-state index is 9.40. The second-order valence-electron chi connectivity index (χ2n) is 4.04. The highest BCUT2D eigenvalue weighted by atomic mass is 79.9. The molecular weight excluding hydrogens is 242 g/mol. The standard InChI is InChI=1S/C11H13NO.BrH/c13-8-1-2-9-10(6-8)7-3-4-12-11(9)5-7;/h1-2,6-7,11-13H,3-5H2;1H. The zero-order chi connectivity index (χ0) is 8.84. The Bertz CT molecular complexity index is 353. The van der Waals surface area contributed by atoms with Crippen molar-refractivity contribution >= 4 is 17.0 Å².